The third-order valence-corrected chi connectivity index (χ3v) is 2.31. The summed E-state index contributed by atoms with van der Waals surface area (Å²) >= 11 is 0.750. The third kappa shape index (κ3) is 31.7. The van der Waals surface area contributed by atoms with E-state index in [2.05, 4.69) is 0 Å². The summed E-state index contributed by atoms with van der Waals surface area (Å²) in [4.78, 5) is 19.7. The predicted octanol–water partition coefficient (Wildman–Crippen LogP) is 0.860. The average molecular weight is 317 g/mol. The van der Waals surface area contributed by atoms with Crippen LogP contribution in [0.25, 0.3) is 0 Å². The number of hydrogen-bond donors (Lipinski definition) is 4. The molecule has 0 aromatic carbocycles. The van der Waals surface area contributed by atoms with Crippen LogP contribution in [0.4, 0.5) is 0 Å². The Balaban J connectivity index is -0.000000242. The molecular weight excluding hydrogens is 294 g/mol. The van der Waals surface area contributed by atoms with Crippen LogP contribution in [0.15, 0.2) is 0 Å². The Labute approximate surface area is 120 Å². The molecule has 2 atom stereocenters. The molecule has 0 aliphatic heterocycles. The van der Waals surface area contributed by atoms with Gasteiger partial charge in [0.2, 0.25) is 0 Å². The molecule has 0 aliphatic rings. The van der Waals surface area contributed by atoms with Crippen LogP contribution in [0.2, 0.25) is 0 Å². The lowest BCUT2D eigenvalue weighted by Gasteiger charge is -2.02. The van der Waals surface area contributed by atoms with E-state index in [-0.39, 0.29) is 6.42 Å². The molecule has 5 N–H and O–H groups in total. The van der Waals surface area contributed by atoms with Gasteiger partial charge in [-0.05, 0) is 24.9 Å². The van der Waals surface area contributed by atoms with Gasteiger partial charge in [-0.3, -0.25) is 13.8 Å². The number of nitrogens with two attached hydrogens (primary N) is 1. The van der Waals surface area contributed by atoms with Crippen molar-refractivity contribution in [3.8, 4) is 0 Å². The van der Waals surface area contributed by atoms with E-state index in [0.717, 1.165) is 18.5 Å². The summed E-state index contributed by atoms with van der Waals surface area (Å²) in [5.41, 5.74) is 5.13. The van der Waals surface area contributed by atoms with E-state index in [4.69, 9.17) is 20.5 Å². The predicted molar refractivity (Wildman–Crippen MR) is 77.8 cm³/mol. The second kappa shape index (κ2) is 17.4. The first-order valence-corrected chi connectivity index (χ1v) is 8.31. The molecule has 0 saturated heterocycles. The van der Waals surface area contributed by atoms with Gasteiger partial charge in [0.1, 0.15) is 6.04 Å². The smallest absolute Gasteiger partial charge is 0.320 e. The maximum atomic E-state index is 10.4. The minimum absolute atomic E-state index is 0.276. The summed E-state index contributed by atoms with van der Waals surface area (Å²) in [6.07, 6.45) is 4.42. The highest BCUT2D eigenvalue weighted by Gasteiger charge is 2.10. The lowest BCUT2D eigenvalue weighted by Crippen LogP contribution is -2.31. The topological polar surface area (TPSA) is 138 Å². The van der Waals surface area contributed by atoms with Gasteiger partial charge in [0.25, 0.3) is 0 Å². The molecule has 0 heterocycles. The number of rotatable bonds is 6. The quantitative estimate of drug-likeness (QED) is 0.529. The SMILES string of the molecule is CCCC(=O)O.CS(=O)CC[C@H](N)C(=O)O.CSO. The summed E-state index contributed by atoms with van der Waals surface area (Å²) in [6, 6.07) is -0.871. The number of carbonyl (C=O) groups is 2. The highest BCUT2D eigenvalue weighted by molar-refractivity contribution is 7.93. The van der Waals surface area contributed by atoms with Crippen molar-refractivity contribution in [2.75, 3.05) is 18.3 Å². The molecule has 0 spiro atoms. The molecule has 0 rings (SSSR count). The molecule has 0 aromatic heterocycles. The molecular formula is C10H23NO6S2. The Morgan fingerprint density at radius 2 is 1.79 bits per heavy atom. The van der Waals surface area contributed by atoms with Gasteiger partial charge in [-0.25, -0.2) is 0 Å². The molecule has 0 bridgehead atoms. The maximum Gasteiger partial charge on any atom is 0.320 e. The van der Waals surface area contributed by atoms with E-state index < -0.39 is 28.8 Å². The fourth-order valence-electron chi connectivity index (χ4n) is 0.630. The van der Waals surface area contributed by atoms with Crippen molar-refractivity contribution < 1.29 is 28.6 Å². The summed E-state index contributed by atoms with van der Waals surface area (Å²) in [5.74, 6) is -1.39. The Hall–Kier alpha value is -0.640. The number of carboxylic acid groups (broad SMARTS) is 2. The van der Waals surface area contributed by atoms with Crippen LogP contribution in [0, 0.1) is 0 Å². The first-order chi connectivity index (χ1) is 8.72. The number of hydrogen-bond acceptors (Lipinski definition) is 6. The minimum Gasteiger partial charge on any atom is -0.481 e. The highest BCUT2D eigenvalue weighted by Crippen LogP contribution is 1.89. The van der Waals surface area contributed by atoms with Crippen LogP contribution in [-0.4, -0.2) is 55.2 Å². The largest absolute Gasteiger partial charge is 0.481 e. The van der Waals surface area contributed by atoms with Gasteiger partial charge >= 0.3 is 11.9 Å². The van der Waals surface area contributed by atoms with Gasteiger partial charge in [0.05, 0.1) is 0 Å². The molecule has 0 aliphatic carbocycles. The minimum atomic E-state index is -1.04. The van der Waals surface area contributed by atoms with Crippen molar-refractivity contribution in [3.05, 3.63) is 0 Å². The zero-order valence-electron chi connectivity index (χ0n) is 11.4. The van der Waals surface area contributed by atoms with Crippen molar-refractivity contribution in [2.45, 2.75) is 32.2 Å². The summed E-state index contributed by atoms with van der Waals surface area (Å²) in [6.45, 7) is 1.84. The maximum absolute atomic E-state index is 10.4. The van der Waals surface area contributed by atoms with Crippen molar-refractivity contribution in [1.82, 2.24) is 0 Å². The molecule has 0 radical (unpaired) electrons. The van der Waals surface area contributed by atoms with Gasteiger partial charge in [-0.1, -0.05) is 6.92 Å². The zero-order chi connectivity index (χ0) is 15.8. The van der Waals surface area contributed by atoms with Crippen LogP contribution >= 0.6 is 12.0 Å². The average Bonchev–Trinajstić information content (AvgIpc) is 2.27. The van der Waals surface area contributed by atoms with Crippen LogP contribution in [0.1, 0.15) is 26.2 Å². The van der Waals surface area contributed by atoms with Crippen LogP contribution in [0.5, 0.6) is 0 Å². The summed E-state index contributed by atoms with van der Waals surface area (Å²) in [7, 11) is -0.946. The zero-order valence-corrected chi connectivity index (χ0v) is 13.0. The van der Waals surface area contributed by atoms with Gasteiger partial charge in [-0.15, -0.1) is 0 Å². The first-order valence-electron chi connectivity index (χ1n) is 5.40. The molecule has 1 unspecified atom stereocenters. The molecule has 0 fully saturated rings. The lowest BCUT2D eigenvalue weighted by molar-refractivity contribution is -0.139. The van der Waals surface area contributed by atoms with Crippen molar-refractivity contribution in [1.29, 1.82) is 0 Å². The lowest BCUT2D eigenvalue weighted by atomic mass is 10.2. The van der Waals surface area contributed by atoms with E-state index in [9.17, 15) is 13.8 Å². The van der Waals surface area contributed by atoms with Crippen molar-refractivity contribution in [2.24, 2.45) is 5.73 Å². The molecule has 116 valence electrons. The van der Waals surface area contributed by atoms with Crippen LogP contribution < -0.4 is 5.73 Å². The van der Waals surface area contributed by atoms with E-state index in [1.54, 1.807) is 6.26 Å². The van der Waals surface area contributed by atoms with Crippen LogP contribution in [-0.2, 0) is 20.4 Å². The number of aliphatic carboxylic acids is 2. The molecule has 0 aromatic rings. The second-order valence-electron chi connectivity index (χ2n) is 3.34. The first kappa shape index (κ1) is 23.5. The Morgan fingerprint density at radius 3 is 1.95 bits per heavy atom. The van der Waals surface area contributed by atoms with Gasteiger partial charge < -0.3 is 20.5 Å². The second-order valence-corrected chi connectivity index (χ2v) is 5.26. The fraction of sp³-hybridized carbons (Fsp3) is 0.800. The third-order valence-electron chi connectivity index (χ3n) is 1.50. The van der Waals surface area contributed by atoms with E-state index >= 15 is 0 Å². The van der Waals surface area contributed by atoms with Crippen molar-refractivity contribution >= 4 is 34.8 Å². The number of carboxylic acids is 2. The Kier molecular flexibility index (Phi) is 21.4. The van der Waals surface area contributed by atoms with Gasteiger partial charge in [0.15, 0.2) is 0 Å². The van der Waals surface area contributed by atoms with Crippen molar-refractivity contribution in [3.63, 3.8) is 0 Å². The summed E-state index contributed by atoms with van der Waals surface area (Å²) < 4.78 is 17.9. The fourth-order valence-corrected chi connectivity index (χ4v) is 1.22. The Morgan fingerprint density at radius 1 is 1.37 bits per heavy atom. The van der Waals surface area contributed by atoms with Crippen LogP contribution in [0.3, 0.4) is 0 Å². The Bertz CT molecular complexity index is 262. The van der Waals surface area contributed by atoms with Gasteiger partial charge in [-0.2, -0.15) is 0 Å². The molecule has 0 saturated carbocycles. The molecule has 7 nitrogen and oxygen atoms in total. The molecule has 0 amide bonds. The highest BCUT2D eigenvalue weighted by atomic mass is 32.2. The van der Waals surface area contributed by atoms with E-state index in [1.165, 1.54) is 6.26 Å². The summed E-state index contributed by atoms with van der Waals surface area (Å²) in [5, 5.41) is 16.2. The van der Waals surface area contributed by atoms with E-state index in [1.807, 2.05) is 6.92 Å². The normalized spacial score (nSPS) is 12.1. The molecule has 9 heteroatoms. The van der Waals surface area contributed by atoms with Gasteiger partial charge in [0, 0.05) is 35.5 Å². The van der Waals surface area contributed by atoms with E-state index in [0.29, 0.717) is 12.2 Å². The standard InChI is InChI=1S/C5H11NO3S.C4H8O2.CH4OS/c1-10(9)3-2-4(6)5(7)8;1-2-3-4(5)6;1-3-2/h4H,2-3,6H2,1H3,(H,7,8);2-3H2,1H3,(H,5,6);2H,1H3/t4-,10?;;/m0../s1. The monoisotopic (exact) mass is 317 g/mol. The molecule has 19 heavy (non-hydrogen) atoms.